The fourth-order valence-electron chi connectivity index (χ4n) is 1.69. The molecule has 20 heavy (non-hydrogen) atoms. The minimum absolute atomic E-state index is 0.0356. The monoisotopic (exact) mass is 274 g/mol. The first kappa shape index (κ1) is 13.8. The molecule has 0 spiro atoms. The summed E-state index contributed by atoms with van der Waals surface area (Å²) in [4.78, 5) is 26.6. The highest BCUT2D eigenvalue weighted by Gasteiger charge is 2.11. The van der Waals surface area contributed by atoms with Crippen LogP contribution in [0, 0.1) is 0 Å². The molecule has 0 saturated carbocycles. The van der Waals surface area contributed by atoms with E-state index in [1.54, 1.807) is 18.3 Å². The highest BCUT2D eigenvalue weighted by atomic mass is 16.5. The van der Waals surface area contributed by atoms with Crippen LogP contribution in [0.4, 0.5) is 0 Å². The molecule has 2 aromatic rings. The molecule has 0 amide bonds. The van der Waals surface area contributed by atoms with Gasteiger partial charge in [0.25, 0.3) is 5.88 Å². The maximum Gasteiger partial charge on any atom is 0.313 e. The zero-order chi connectivity index (χ0) is 14.5. The number of benzene rings is 1. The first-order valence-electron chi connectivity index (χ1n) is 6.06. The van der Waals surface area contributed by atoms with E-state index < -0.39 is 0 Å². The molecule has 6 nitrogen and oxygen atoms in total. The van der Waals surface area contributed by atoms with Gasteiger partial charge in [0.15, 0.2) is 11.5 Å². The molecular weight excluding hydrogens is 260 g/mol. The first-order valence-corrected chi connectivity index (χ1v) is 6.06. The number of aromatic nitrogens is 2. The number of hydrogen-bond acceptors (Lipinski definition) is 5. The van der Waals surface area contributed by atoms with Crippen molar-refractivity contribution in [3.63, 3.8) is 0 Å². The van der Waals surface area contributed by atoms with E-state index in [0.29, 0.717) is 29.9 Å². The van der Waals surface area contributed by atoms with Crippen molar-refractivity contribution in [2.45, 2.75) is 13.5 Å². The zero-order valence-corrected chi connectivity index (χ0v) is 11.2. The van der Waals surface area contributed by atoms with E-state index in [-0.39, 0.29) is 11.4 Å². The number of rotatable bonds is 5. The summed E-state index contributed by atoms with van der Waals surface area (Å²) in [5.74, 6) is 0.658. The Morgan fingerprint density at radius 3 is 2.80 bits per heavy atom. The standard InChI is InChI=1S/C14H14N2O4/c1-3-16-7-6-15-13(14(16)18)20-11-5-4-10(9-17)8-12(11)19-2/h4-9H,3H2,1-2H3. The van der Waals surface area contributed by atoms with Gasteiger partial charge in [0.1, 0.15) is 6.29 Å². The van der Waals surface area contributed by atoms with Crippen molar-refractivity contribution in [2.75, 3.05) is 7.11 Å². The minimum atomic E-state index is -0.323. The van der Waals surface area contributed by atoms with E-state index in [1.807, 2.05) is 6.92 Å². The van der Waals surface area contributed by atoms with Crippen molar-refractivity contribution in [1.82, 2.24) is 9.55 Å². The van der Waals surface area contributed by atoms with Gasteiger partial charge < -0.3 is 14.0 Å². The summed E-state index contributed by atoms with van der Waals surface area (Å²) < 4.78 is 12.1. The van der Waals surface area contributed by atoms with Crippen LogP contribution in [0.1, 0.15) is 17.3 Å². The van der Waals surface area contributed by atoms with Crippen LogP contribution in [0.25, 0.3) is 0 Å². The molecule has 0 bridgehead atoms. The molecule has 1 aromatic carbocycles. The Morgan fingerprint density at radius 1 is 1.35 bits per heavy atom. The molecule has 1 heterocycles. The number of ether oxygens (including phenoxy) is 2. The SMILES string of the molecule is CCn1ccnc(Oc2ccc(C=O)cc2OC)c1=O. The van der Waals surface area contributed by atoms with E-state index in [1.165, 1.54) is 23.9 Å². The van der Waals surface area contributed by atoms with Crippen LogP contribution in [0.15, 0.2) is 35.4 Å². The number of aryl methyl sites for hydroxylation is 1. The maximum absolute atomic E-state index is 12.0. The summed E-state index contributed by atoms with van der Waals surface area (Å²) in [7, 11) is 1.46. The predicted octanol–water partition coefficient (Wildman–Crippen LogP) is 1.88. The van der Waals surface area contributed by atoms with Crippen LogP contribution in [0.3, 0.4) is 0 Å². The Kier molecular flexibility index (Phi) is 4.14. The molecule has 0 fully saturated rings. The van der Waals surface area contributed by atoms with Crippen LogP contribution in [-0.2, 0) is 6.54 Å². The third-order valence-corrected chi connectivity index (χ3v) is 2.75. The molecule has 0 aliphatic heterocycles. The smallest absolute Gasteiger partial charge is 0.313 e. The van der Waals surface area contributed by atoms with Gasteiger partial charge in [-0.05, 0) is 25.1 Å². The number of nitrogens with zero attached hydrogens (tertiary/aromatic N) is 2. The van der Waals surface area contributed by atoms with Crippen LogP contribution in [0.2, 0.25) is 0 Å². The number of carbonyl (C=O) groups is 1. The molecule has 0 unspecified atom stereocenters. The van der Waals surface area contributed by atoms with Gasteiger partial charge in [0, 0.05) is 24.5 Å². The third-order valence-electron chi connectivity index (χ3n) is 2.75. The summed E-state index contributed by atoms with van der Waals surface area (Å²) in [5.41, 5.74) is 0.137. The van der Waals surface area contributed by atoms with Crippen molar-refractivity contribution >= 4 is 6.29 Å². The second-order valence-electron chi connectivity index (χ2n) is 3.95. The minimum Gasteiger partial charge on any atom is -0.493 e. The van der Waals surface area contributed by atoms with E-state index in [4.69, 9.17) is 9.47 Å². The van der Waals surface area contributed by atoms with Crippen LogP contribution < -0.4 is 15.0 Å². The summed E-state index contributed by atoms with van der Waals surface area (Å²) in [6.45, 7) is 2.38. The molecule has 104 valence electrons. The summed E-state index contributed by atoms with van der Waals surface area (Å²) in [5, 5.41) is 0. The number of carbonyl (C=O) groups excluding carboxylic acids is 1. The molecule has 0 radical (unpaired) electrons. The van der Waals surface area contributed by atoms with Crippen LogP contribution in [0.5, 0.6) is 17.4 Å². The highest BCUT2D eigenvalue weighted by Crippen LogP contribution is 2.30. The molecule has 1 aromatic heterocycles. The fourth-order valence-corrected chi connectivity index (χ4v) is 1.69. The zero-order valence-electron chi connectivity index (χ0n) is 11.2. The van der Waals surface area contributed by atoms with Gasteiger partial charge >= 0.3 is 5.56 Å². The van der Waals surface area contributed by atoms with Crippen molar-refractivity contribution in [3.8, 4) is 17.4 Å². The van der Waals surface area contributed by atoms with E-state index in [2.05, 4.69) is 4.98 Å². The topological polar surface area (TPSA) is 70.4 Å². The highest BCUT2D eigenvalue weighted by molar-refractivity contribution is 5.76. The second kappa shape index (κ2) is 6.01. The van der Waals surface area contributed by atoms with Gasteiger partial charge in [-0.15, -0.1) is 0 Å². The Balaban J connectivity index is 2.40. The van der Waals surface area contributed by atoms with Gasteiger partial charge in [-0.1, -0.05) is 0 Å². The molecule has 0 saturated heterocycles. The van der Waals surface area contributed by atoms with Crippen LogP contribution in [-0.4, -0.2) is 22.9 Å². The maximum atomic E-state index is 12.0. The Bertz CT molecular complexity index is 679. The van der Waals surface area contributed by atoms with Crippen molar-refractivity contribution < 1.29 is 14.3 Å². The van der Waals surface area contributed by atoms with Crippen molar-refractivity contribution in [2.24, 2.45) is 0 Å². The molecule has 0 N–H and O–H groups in total. The molecular formula is C14H14N2O4. The largest absolute Gasteiger partial charge is 0.493 e. The molecule has 2 rings (SSSR count). The van der Waals surface area contributed by atoms with Gasteiger partial charge in [-0.3, -0.25) is 9.59 Å². The Morgan fingerprint density at radius 2 is 2.15 bits per heavy atom. The lowest BCUT2D eigenvalue weighted by Crippen LogP contribution is -2.20. The van der Waals surface area contributed by atoms with Crippen molar-refractivity contribution in [3.05, 3.63) is 46.5 Å². The lowest BCUT2D eigenvalue weighted by Gasteiger charge is -2.10. The molecule has 0 atom stereocenters. The Hall–Kier alpha value is -2.63. The lowest BCUT2D eigenvalue weighted by molar-refractivity contribution is 0.112. The van der Waals surface area contributed by atoms with Gasteiger partial charge in [-0.25, -0.2) is 4.98 Å². The normalized spacial score (nSPS) is 10.1. The van der Waals surface area contributed by atoms with Gasteiger partial charge in [-0.2, -0.15) is 0 Å². The number of methoxy groups -OCH3 is 1. The molecule has 0 aliphatic carbocycles. The predicted molar refractivity (Wildman–Crippen MR) is 72.6 cm³/mol. The average Bonchev–Trinajstić information content (AvgIpc) is 2.49. The Labute approximate surface area is 115 Å². The fraction of sp³-hybridized carbons (Fsp3) is 0.214. The van der Waals surface area contributed by atoms with Crippen LogP contribution >= 0.6 is 0 Å². The lowest BCUT2D eigenvalue weighted by atomic mass is 10.2. The summed E-state index contributed by atoms with van der Waals surface area (Å²) in [6.07, 6.45) is 3.78. The van der Waals surface area contributed by atoms with Gasteiger partial charge in [0.2, 0.25) is 0 Å². The van der Waals surface area contributed by atoms with Crippen molar-refractivity contribution in [1.29, 1.82) is 0 Å². The number of hydrogen-bond donors (Lipinski definition) is 0. The quantitative estimate of drug-likeness (QED) is 0.778. The van der Waals surface area contributed by atoms with E-state index in [0.717, 1.165) is 0 Å². The average molecular weight is 274 g/mol. The van der Waals surface area contributed by atoms with E-state index >= 15 is 0 Å². The summed E-state index contributed by atoms with van der Waals surface area (Å²) >= 11 is 0. The third kappa shape index (κ3) is 2.69. The first-order chi connectivity index (χ1) is 9.69. The van der Waals surface area contributed by atoms with Gasteiger partial charge in [0.05, 0.1) is 7.11 Å². The second-order valence-corrected chi connectivity index (χ2v) is 3.95. The number of aldehydes is 1. The molecule has 0 aliphatic rings. The van der Waals surface area contributed by atoms with E-state index in [9.17, 15) is 9.59 Å². The summed E-state index contributed by atoms with van der Waals surface area (Å²) in [6, 6.07) is 4.67. The molecule has 6 heteroatoms.